The zero-order valence-corrected chi connectivity index (χ0v) is 21.6. The monoisotopic (exact) mass is 474 g/mol. The fraction of sp³-hybridized carbons (Fsp3) is 0.808. The summed E-state index contributed by atoms with van der Waals surface area (Å²) in [4.78, 5) is 29.0. The van der Waals surface area contributed by atoms with Crippen molar-refractivity contribution < 1.29 is 11.0 Å². The predicted molar refractivity (Wildman–Crippen MR) is 137 cm³/mol. The number of hydrogen-bond acceptors (Lipinski definition) is 7. The van der Waals surface area contributed by atoms with Gasteiger partial charge in [-0.1, -0.05) is 0 Å². The van der Waals surface area contributed by atoms with Crippen LogP contribution in [-0.2, 0) is 9.53 Å². The highest BCUT2D eigenvalue weighted by atomic mass is 16.5. The highest BCUT2D eigenvalue weighted by molar-refractivity contribution is 5.77. The molecule has 1 aromatic rings. The molecule has 0 radical (unpaired) electrons. The van der Waals surface area contributed by atoms with Crippen molar-refractivity contribution in [2.24, 2.45) is 0 Å². The molecule has 0 aliphatic carbocycles. The Labute approximate surface area is 206 Å². The number of anilines is 1. The Bertz CT molecular complexity index is 771. The first-order valence-electron chi connectivity index (χ1n) is 13.4. The second kappa shape index (κ2) is 11.8. The Morgan fingerprint density at radius 3 is 2.32 bits per heavy atom. The lowest BCUT2D eigenvalue weighted by molar-refractivity contribution is -0.127. The second-order valence-corrected chi connectivity index (χ2v) is 10.8. The number of aromatic nitrogens is 2. The number of likely N-dealkylation sites (tertiary alicyclic amines) is 2. The number of hydrogen-bond donors (Lipinski definition) is 1. The quantitative estimate of drug-likeness (QED) is 0.523. The SMILES string of the molecule is CC(C)OCC(=O)NCCCN1CCC(c2cnc(N3C4CCC3CN(C(C)C)C4)nc2)CC1.[HH]. The molecular weight excluding hydrogens is 428 g/mol. The third-order valence-electron chi connectivity index (χ3n) is 7.71. The minimum absolute atomic E-state index is 0. The molecule has 3 aliphatic rings. The van der Waals surface area contributed by atoms with Crippen LogP contribution in [0, 0.1) is 0 Å². The fourth-order valence-electron chi connectivity index (χ4n) is 5.67. The third kappa shape index (κ3) is 6.46. The fourth-order valence-corrected chi connectivity index (χ4v) is 5.67. The first kappa shape index (κ1) is 25.3. The summed E-state index contributed by atoms with van der Waals surface area (Å²) in [5.41, 5.74) is 1.29. The summed E-state index contributed by atoms with van der Waals surface area (Å²) >= 11 is 0. The van der Waals surface area contributed by atoms with Crippen molar-refractivity contribution in [3.05, 3.63) is 18.0 Å². The van der Waals surface area contributed by atoms with E-state index >= 15 is 0 Å². The molecule has 8 nitrogen and oxygen atoms in total. The maximum absolute atomic E-state index is 11.7. The van der Waals surface area contributed by atoms with Gasteiger partial charge in [-0.05, 0) is 90.9 Å². The van der Waals surface area contributed by atoms with Gasteiger partial charge in [0.25, 0.3) is 0 Å². The normalized spacial score (nSPS) is 24.4. The summed E-state index contributed by atoms with van der Waals surface area (Å²) in [6, 6.07) is 1.73. The van der Waals surface area contributed by atoms with Crippen LogP contribution in [0.3, 0.4) is 0 Å². The zero-order chi connectivity index (χ0) is 24.1. The zero-order valence-electron chi connectivity index (χ0n) is 21.6. The van der Waals surface area contributed by atoms with Crippen molar-refractivity contribution in [2.75, 3.05) is 50.8 Å². The van der Waals surface area contributed by atoms with Crippen molar-refractivity contribution >= 4 is 11.9 Å². The van der Waals surface area contributed by atoms with Crippen molar-refractivity contribution in [2.45, 2.75) is 89.9 Å². The summed E-state index contributed by atoms with van der Waals surface area (Å²) in [7, 11) is 0. The number of piperazine rings is 1. The van der Waals surface area contributed by atoms with Gasteiger partial charge in [0.1, 0.15) is 6.61 Å². The van der Waals surface area contributed by atoms with Crippen molar-refractivity contribution in [3.63, 3.8) is 0 Å². The lowest BCUT2D eigenvalue weighted by Crippen LogP contribution is -2.56. The standard InChI is InChI=1S/C26H44N6O2.H2/c1-19(2)31-16-23-6-7-24(17-31)32(23)26-28-14-22(15-29-26)21-8-12-30(13-9-21)11-5-10-27-25(33)18-34-20(3)4;/h14-15,19-21,23-24H,5-13,16-18H2,1-4H3,(H,27,33);1H. The Morgan fingerprint density at radius 2 is 1.74 bits per heavy atom. The number of nitrogens with zero attached hydrogens (tertiary/aromatic N) is 5. The summed E-state index contributed by atoms with van der Waals surface area (Å²) < 4.78 is 5.34. The predicted octanol–water partition coefficient (Wildman–Crippen LogP) is 2.89. The van der Waals surface area contributed by atoms with E-state index in [1.54, 1.807) is 0 Å². The van der Waals surface area contributed by atoms with Crippen molar-refractivity contribution in [1.82, 2.24) is 25.1 Å². The molecular formula is C26H46N6O2. The minimum Gasteiger partial charge on any atom is -0.369 e. The van der Waals surface area contributed by atoms with Crippen LogP contribution >= 0.6 is 0 Å². The molecule has 2 bridgehead atoms. The van der Waals surface area contributed by atoms with E-state index in [1.165, 1.54) is 18.4 Å². The molecule has 0 aromatic carbocycles. The molecule has 192 valence electrons. The average Bonchev–Trinajstić information content (AvgIpc) is 3.09. The number of fused-ring (bicyclic) bond motifs is 2. The van der Waals surface area contributed by atoms with E-state index in [2.05, 4.69) is 46.3 Å². The van der Waals surface area contributed by atoms with E-state index in [4.69, 9.17) is 14.7 Å². The maximum atomic E-state index is 11.7. The van der Waals surface area contributed by atoms with E-state index in [-0.39, 0.29) is 20.0 Å². The van der Waals surface area contributed by atoms with Gasteiger partial charge in [0.15, 0.2) is 0 Å². The molecule has 1 amide bonds. The Kier molecular flexibility index (Phi) is 8.77. The largest absolute Gasteiger partial charge is 0.369 e. The first-order chi connectivity index (χ1) is 16.4. The van der Waals surface area contributed by atoms with Crippen LogP contribution in [0.15, 0.2) is 12.4 Å². The Balaban J connectivity index is 0.00000342. The molecule has 2 unspecified atom stereocenters. The van der Waals surface area contributed by atoms with Crippen LogP contribution in [-0.4, -0.2) is 95.8 Å². The number of nitrogens with one attached hydrogen (secondary N) is 1. The van der Waals surface area contributed by atoms with Gasteiger partial charge in [0.2, 0.25) is 11.9 Å². The van der Waals surface area contributed by atoms with Crippen molar-refractivity contribution in [1.29, 1.82) is 0 Å². The van der Waals surface area contributed by atoms with Gasteiger partial charge < -0.3 is 19.9 Å². The van der Waals surface area contributed by atoms with Crippen molar-refractivity contribution in [3.8, 4) is 0 Å². The summed E-state index contributed by atoms with van der Waals surface area (Å²) in [5.74, 6) is 1.45. The maximum Gasteiger partial charge on any atom is 0.246 e. The highest BCUT2D eigenvalue weighted by Gasteiger charge is 2.41. The van der Waals surface area contributed by atoms with E-state index in [9.17, 15) is 4.79 Å². The second-order valence-electron chi connectivity index (χ2n) is 10.8. The highest BCUT2D eigenvalue weighted by Crippen LogP contribution is 2.34. The smallest absolute Gasteiger partial charge is 0.246 e. The molecule has 0 spiro atoms. The summed E-state index contributed by atoms with van der Waals surface area (Å²) in [6.07, 6.45) is 10.1. The molecule has 3 aliphatic heterocycles. The van der Waals surface area contributed by atoms with Crippen LogP contribution in [0.25, 0.3) is 0 Å². The van der Waals surface area contributed by atoms with E-state index in [0.717, 1.165) is 57.9 Å². The topological polar surface area (TPSA) is 73.8 Å². The molecule has 8 heteroatoms. The van der Waals surface area contributed by atoms with E-state index in [1.807, 2.05) is 13.8 Å². The molecule has 0 saturated carbocycles. The number of carbonyl (C=O) groups excluding carboxylic acids is 1. The third-order valence-corrected chi connectivity index (χ3v) is 7.71. The van der Waals surface area contributed by atoms with Gasteiger partial charge in [-0.3, -0.25) is 9.69 Å². The minimum atomic E-state index is -0.0225. The van der Waals surface area contributed by atoms with Crippen LogP contribution in [0.2, 0.25) is 0 Å². The number of ether oxygens (including phenoxy) is 1. The van der Waals surface area contributed by atoms with Gasteiger partial charge in [-0.2, -0.15) is 0 Å². The first-order valence-corrected chi connectivity index (χ1v) is 13.4. The number of amides is 1. The van der Waals surface area contributed by atoms with E-state index in [0.29, 0.717) is 30.6 Å². The lowest BCUT2D eigenvalue weighted by Gasteiger charge is -2.42. The molecule has 4 heterocycles. The number of rotatable bonds is 10. The van der Waals surface area contributed by atoms with Gasteiger partial charge in [0, 0.05) is 51.6 Å². The molecule has 34 heavy (non-hydrogen) atoms. The molecule has 4 rings (SSSR count). The van der Waals surface area contributed by atoms with Gasteiger partial charge in [-0.15, -0.1) is 0 Å². The van der Waals surface area contributed by atoms with Gasteiger partial charge in [-0.25, -0.2) is 9.97 Å². The van der Waals surface area contributed by atoms with Crippen LogP contribution < -0.4 is 10.2 Å². The molecule has 2 atom stereocenters. The molecule has 1 aromatic heterocycles. The average molecular weight is 475 g/mol. The van der Waals surface area contributed by atoms with Crippen LogP contribution in [0.1, 0.15) is 72.7 Å². The van der Waals surface area contributed by atoms with Gasteiger partial charge in [0.05, 0.1) is 6.10 Å². The molecule has 1 N–H and O–H groups in total. The Morgan fingerprint density at radius 1 is 1.09 bits per heavy atom. The molecule has 3 saturated heterocycles. The van der Waals surface area contributed by atoms with Crippen LogP contribution in [0.4, 0.5) is 5.95 Å². The van der Waals surface area contributed by atoms with E-state index < -0.39 is 0 Å². The number of carbonyl (C=O) groups is 1. The van der Waals surface area contributed by atoms with Crippen LogP contribution in [0.5, 0.6) is 0 Å². The summed E-state index contributed by atoms with van der Waals surface area (Å²) in [6.45, 7) is 14.8. The lowest BCUT2D eigenvalue weighted by atomic mass is 9.91. The molecule has 3 fully saturated rings. The Hall–Kier alpha value is -1.77. The van der Waals surface area contributed by atoms with Gasteiger partial charge >= 0.3 is 0 Å². The number of piperidine rings is 1. The summed E-state index contributed by atoms with van der Waals surface area (Å²) in [5, 5.41) is 2.95.